The molecule has 1 heterocycles. The number of nitro groups is 1. The Balaban J connectivity index is 2.04. The number of piperidine rings is 1. The highest BCUT2D eigenvalue weighted by Gasteiger charge is 2.07. The molecule has 0 aliphatic carbocycles. The van der Waals surface area contributed by atoms with Crippen LogP contribution in [-0.2, 0) is 0 Å². The molecule has 1 aliphatic rings. The van der Waals surface area contributed by atoms with E-state index in [-0.39, 0.29) is 5.69 Å². The summed E-state index contributed by atoms with van der Waals surface area (Å²) in [5, 5.41) is 17.0. The monoisotopic (exact) mass is 233 g/mol. The third-order valence-corrected chi connectivity index (χ3v) is 2.78. The molecule has 0 spiro atoms. The van der Waals surface area contributed by atoms with Crippen LogP contribution in [0.5, 0.6) is 0 Å². The van der Waals surface area contributed by atoms with Crippen LogP contribution in [0.3, 0.4) is 0 Å². The third kappa shape index (κ3) is 3.27. The van der Waals surface area contributed by atoms with Crippen molar-refractivity contribution in [1.82, 2.24) is 5.01 Å². The molecular formula is C12H15N3O2. The molecule has 5 nitrogen and oxygen atoms in total. The minimum Gasteiger partial charge on any atom is -0.297 e. The second-order valence-electron chi connectivity index (χ2n) is 4.11. The molecule has 0 unspecified atom stereocenters. The first-order chi connectivity index (χ1) is 8.25. The van der Waals surface area contributed by atoms with Gasteiger partial charge in [0.05, 0.1) is 11.1 Å². The highest BCUT2D eigenvalue weighted by atomic mass is 16.6. The first-order valence-corrected chi connectivity index (χ1v) is 5.79. The quantitative estimate of drug-likeness (QED) is 0.457. The van der Waals surface area contributed by atoms with Gasteiger partial charge in [0.2, 0.25) is 0 Å². The maximum Gasteiger partial charge on any atom is 0.270 e. The second kappa shape index (κ2) is 5.43. The summed E-state index contributed by atoms with van der Waals surface area (Å²) < 4.78 is 0. The normalized spacial score (nSPS) is 16.4. The van der Waals surface area contributed by atoms with Crippen molar-refractivity contribution < 1.29 is 4.92 Å². The number of non-ortho nitro benzene ring substituents is 1. The van der Waals surface area contributed by atoms with Gasteiger partial charge in [-0.25, -0.2) is 0 Å². The fraction of sp³-hybridized carbons (Fsp3) is 0.417. The van der Waals surface area contributed by atoms with Gasteiger partial charge in [0, 0.05) is 30.8 Å². The van der Waals surface area contributed by atoms with E-state index in [2.05, 4.69) is 5.10 Å². The summed E-state index contributed by atoms with van der Waals surface area (Å²) in [6.07, 6.45) is 5.31. The summed E-state index contributed by atoms with van der Waals surface area (Å²) >= 11 is 0. The summed E-state index contributed by atoms with van der Waals surface area (Å²) in [5.74, 6) is 0. The van der Waals surface area contributed by atoms with E-state index in [1.54, 1.807) is 12.3 Å². The smallest absolute Gasteiger partial charge is 0.270 e. The first kappa shape index (κ1) is 11.6. The maximum absolute atomic E-state index is 10.6. The van der Waals surface area contributed by atoms with Crippen LogP contribution in [0.15, 0.2) is 29.4 Å². The first-order valence-electron chi connectivity index (χ1n) is 5.79. The Bertz CT molecular complexity index is 426. The lowest BCUT2D eigenvalue weighted by Crippen LogP contribution is -2.24. The van der Waals surface area contributed by atoms with Gasteiger partial charge in [0.1, 0.15) is 0 Å². The topological polar surface area (TPSA) is 58.7 Å². The van der Waals surface area contributed by atoms with Crippen LogP contribution in [-0.4, -0.2) is 29.2 Å². The van der Waals surface area contributed by atoms with Gasteiger partial charge in [0.15, 0.2) is 0 Å². The van der Waals surface area contributed by atoms with Crippen molar-refractivity contribution >= 4 is 11.9 Å². The lowest BCUT2D eigenvalue weighted by molar-refractivity contribution is -0.384. The van der Waals surface area contributed by atoms with E-state index in [1.165, 1.54) is 31.4 Å². The molecule has 1 aromatic carbocycles. The van der Waals surface area contributed by atoms with Crippen molar-refractivity contribution in [3.05, 3.63) is 39.9 Å². The molecule has 90 valence electrons. The third-order valence-electron chi connectivity index (χ3n) is 2.78. The predicted molar refractivity (Wildman–Crippen MR) is 66.1 cm³/mol. The summed E-state index contributed by atoms with van der Waals surface area (Å²) in [5.41, 5.74) is 0.873. The van der Waals surface area contributed by atoms with Crippen molar-refractivity contribution in [3.63, 3.8) is 0 Å². The van der Waals surface area contributed by atoms with Crippen LogP contribution in [0.25, 0.3) is 0 Å². The zero-order valence-corrected chi connectivity index (χ0v) is 9.58. The lowest BCUT2D eigenvalue weighted by Gasteiger charge is -2.23. The molecule has 0 atom stereocenters. The van der Waals surface area contributed by atoms with Gasteiger partial charge >= 0.3 is 0 Å². The zero-order valence-electron chi connectivity index (χ0n) is 9.58. The molecule has 0 saturated carbocycles. The number of nitro benzene ring substituents is 1. The van der Waals surface area contributed by atoms with Crippen LogP contribution >= 0.6 is 0 Å². The summed E-state index contributed by atoms with van der Waals surface area (Å²) in [7, 11) is 0. The molecule has 2 rings (SSSR count). The van der Waals surface area contributed by atoms with Crippen molar-refractivity contribution in [2.75, 3.05) is 13.1 Å². The Morgan fingerprint density at radius 1 is 1.29 bits per heavy atom. The number of nitrogens with zero attached hydrogens (tertiary/aromatic N) is 3. The van der Waals surface area contributed by atoms with Gasteiger partial charge in [-0.1, -0.05) is 12.1 Å². The molecule has 0 aromatic heterocycles. The van der Waals surface area contributed by atoms with Crippen LogP contribution in [0, 0.1) is 10.1 Å². The van der Waals surface area contributed by atoms with Crippen molar-refractivity contribution in [3.8, 4) is 0 Å². The Morgan fingerprint density at radius 3 is 2.76 bits per heavy atom. The Labute approximate surface area is 99.9 Å². The number of hydrazone groups is 1. The molecule has 1 saturated heterocycles. The Morgan fingerprint density at radius 2 is 2.06 bits per heavy atom. The number of hydrogen-bond donors (Lipinski definition) is 0. The molecule has 1 aromatic rings. The average Bonchev–Trinajstić information content (AvgIpc) is 2.38. The van der Waals surface area contributed by atoms with E-state index in [0.717, 1.165) is 18.7 Å². The minimum atomic E-state index is -0.391. The highest BCUT2D eigenvalue weighted by molar-refractivity contribution is 5.80. The molecular weight excluding hydrogens is 218 g/mol. The molecule has 5 heteroatoms. The van der Waals surface area contributed by atoms with Gasteiger partial charge in [-0.15, -0.1) is 0 Å². The molecule has 0 amide bonds. The Kier molecular flexibility index (Phi) is 3.69. The SMILES string of the molecule is O=[N+]([O-])c1cccc(/C=N/N2CCCCC2)c1. The number of hydrogen-bond acceptors (Lipinski definition) is 4. The van der Waals surface area contributed by atoms with Crippen LogP contribution in [0.1, 0.15) is 24.8 Å². The van der Waals surface area contributed by atoms with E-state index >= 15 is 0 Å². The van der Waals surface area contributed by atoms with Crippen molar-refractivity contribution in [2.45, 2.75) is 19.3 Å². The fourth-order valence-corrected chi connectivity index (χ4v) is 1.86. The van der Waals surface area contributed by atoms with E-state index in [0.29, 0.717) is 0 Å². The van der Waals surface area contributed by atoms with Gasteiger partial charge in [0.25, 0.3) is 5.69 Å². The second-order valence-corrected chi connectivity index (χ2v) is 4.11. The van der Waals surface area contributed by atoms with E-state index in [1.807, 2.05) is 11.1 Å². The minimum absolute atomic E-state index is 0.104. The lowest BCUT2D eigenvalue weighted by atomic mass is 10.2. The van der Waals surface area contributed by atoms with Crippen LogP contribution in [0.4, 0.5) is 5.69 Å². The van der Waals surface area contributed by atoms with Gasteiger partial charge in [-0.3, -0.25) is 15.1 Å². The van der Waals surface area contributed by atoms with Gasteiger partial charge < -0.3 is 0 Å². The predicted octanol–water partition coefficient (Wildman–Crippen LogP) is 2.41. The standard InChI is InChI=1S/C12H15N3O2/c16-15(17)12-6-4-5-11(9-12)10-13-14-7-2-1-3-8-14/h4-6,9-10H,1-3,7-8H2/b13-10+. The van der Waals surface area contributed by atoms with E-state index in [4.69, 9.17) is 0 Å². The number of benzene rings is 1. The van der Waals surface area contributed by atoms with Gasteiger partial charge in [-0.05, 0) is 19.3 Å². The summed E-state index contributed by atoms with van der Waals surface area (Å²) in [6.45, 7) is 1.96. The highest BCUT2D eigenvalue weighted by Crippen LogP contribution is 2.12. The maximum atomic E-state index is 10.6. The van der Waals surface area contributed by atoms with E-state index < -0.39 is 4.92 Å². The van der Waals surface area contributed by atoms with Crippen LogP contribution < -0.4 is 0 Å². The molecule has 1 fully saturated rings. The zero-order chi connectivity index (χ0) is 12.1. The number of rotatable bonds is 3. The molecule has 1 aliphatic heterocycles. The van der Waals surface area contributed by atoms with Crippen molar-refractivity contribution in [1.29, 1.82) is 0 Å². The molecule has 0 N–H and O–H groups in total. The van der Waals surface area contributed by atoms with Crippen LogP contribution in [0.2, 0.25) is 0 Å². The summed E-state index contributed by atoms with van der Waals surface area (Å²) in [6, 6.07) is 6.52. The fourth-order valence-electron chi connectivity index (χ4n) is 1.86. The summed E-state index contributed by atoms with van der Waals surface area (Å²) in [4.78, 5) is 10.2. The van der Waals surface area contributed by atoms with E-state index in [9.17, 15) is 10.1 Å². The average molecular weight is 233 g/mol. The van der Waals surface area contributed by atoms with Crippen molar-refractivity contribution in [2.24, 2.45) is 5.10 Å². The van der Waals surface area contributed by atoms with Gasteiger partial charge in [-0.2, -0.15) is 5.10 Å². The molecule has 17 heavy (non-hydrogen) atoms. The molecule has 0 bridgehead atoms. The Hall–Kier alpha value is -1.91. The largest absolute Gasteiger partial charge is 0.297 e. The molecule has 0 radical (unpaired) electrons.